The molecule has 6 nitrogen and oxygen atoms in total. The lowest BCUT2D eigenvalue weighted by Crippen LogP contribution is -2.56. The Morgan fingerprint density at radius 2 is 1.36 bits per heavy atom. The number of carbonyl (C=O) groups excluding carboxylic acids is 2. The normalized spacial score (nSPS) is 27.6. The topological polar surface area (TPSA) is 81.1 Å². The van der Waals surface area contributed by atoms with Crippen molar-refractivity contribution in [1.82, 2.24) is 9.80 Å². The lowest BCUT2D eigenvalue weighted by molar-refractivity contribution is -0.165. The van der Waals surface area contributed by atoms with Gasteiger partial charge in [-0.2, -0.15) is 0 Å². The van der Waals surface area contributed by atoms with Gasteiger partial charge in [0, 0.05) is 24.9 Å². The fourth-order valence-corrected chi connectivity index (χ4v) is 4.11. The van der Waals surface area contributed by atoms with Crippen molar-refractivity contribution in [3.05, 3.63) is 0 Å². The maximum Gasteiger partial charge on any atom is 0.225 e. The van der Waals surface area contributed by atoms with Crippen LogP contribution in [0.3, 0.4) is 0 Å². The molecule has 0 bridgehead atoms. The minimum absolute atomic E-state index is 0.0516. The van der Waals surface area contributed by atoms with E-state index in [9.17, 15) is 19.8 Å². The molecule has 2 amide bonds. The van der Waals surface area contributed by atoms with Crippen LogP contribution < -0.4 is 0 Å². The van der Waals surface area contributed by atoms with Crippen molar-refractivity contribution in [3.63, 3.8) is 0 Å². The van der Waals surface area contributed by atoms with Gasteiger partial charge in [0.2, 0.25) is 11.8 Å². The molecule has 0 aromatic carbocycles. The summed E-state index contributed by atoms with van der Waals surface area (Å²) in [7, 11) is 0. The SMILES string of the molecule is CC(C)CN1C(=O)CC(C)(C)CC1O.CC1(C)CC(=O)N(C(C)(C)C)C(O)C1. The number of hydrogen-bond acceptors (Lipinski definition) is 4. The first kappa shape index (κ1) is 24.9. The second kappa shape index (κ2) is 8.70. The predicted octanol–water partition coefficient (Wildman–Crippen LogP) is 3.36. The molecular formula is C22H42N2O4. The molecule has 6 heteroatoms. The molecular weight excluding hydrogens is 356 g/mol. The molecule has 2 rings (SSSR count). The Labute approximate surface area is 171 Å². The molecule has 28 heavy (non-hydrogen) atoms. The van der Waals surface area contributed by atoms with Crippen molar-refractivity contribution in [3.8, 4) is 0 Å². The summed E-state index contributed by atoms with van der Waals surface area (Å²) in [6.45, 7) is 18.7. The summed E-state index contributed by atoms with van der Waals surface area (Å²) in [6.07, 6.45) is 1.21. The molecule has 2 saturated heterocycles. The van der Waals surface area contributed by atoms with Gasteiger partial charge >= 0.3 is 0 Å². The van der Waals surface area contributed by atoms with Gasteiger partial charge in [-0.15, -0.1) is 0 Å². The summed E-state index contributed by atoms with van der Waals surface area (Å²) in [5, 5.41) is 19.7. The van der Waals surface area contributed by atoms with Crippen LogP contribution in [0.4, 0.5) is 0 Å². The van der Waals surface area contributed by atoms with E-state index in [4.69, 9.17) is 0 Å². The Kier molecular flexibility index (Phi) is 7.74. The van der Waals surface area contributed by atoms with Crippen LogP contribution in [0, 0.1) is 16.7 Å². The van der Waals surface area contributed by atoms with Crippen molar-refractivity contribution in [1.29, 1.82) is 0 Å². The first-order valence-electron chi connectivity index (χ1n) is 10.4. The monoisotopic (exact) mass is 398 g/mol. The van der Waals surface area contributed by atoms with Crippen LogP contribution in [0.1, 0.15) is 88.0 Å². The summed E-state index contributed by atoms with van der Waals surface area (Å²) in [4.78, 5) is 26.8. The van der Waals surface area contributed by atoms with Crippen LogP contribution in [0.5, 0.6) is 0 Å². The molecule has 0 aromatic heterocycles. The van der Waals surface area contributed by atoms with E-state index in [1.807, 2.05) is 48.5 Å². The van der Waals surface area contributed by atoms with Crippen molar-refractivity contribution in [2.45, 2.75) is 106 Å². The Balaban J connectivity index is 0.000000280. The molecule has 164 valence electrons. The average Bonchev–Trinajstić information content (AvgIpc) is 2.38. The molecule has 2 aliphatic heterocycles. The third kappa shape index (κ3) is 7.03. The maximum atomic E-state index is 11.8. The Hall–Kier alpha value is -1.14. The largest absolute Gasteiger partial charge is 0.374 e. The number of rotatable bonds is 2. The van der Waals surface area contributed by atoms with Crippen molar-refractivity contribution in [2.75, 3.05) is 6.54 Å². The quantitative estimate of drug-likeness (QED) is 0.747. The van der Waals surface area contributed by atoms with Gasteiger partial charge in [-0.05, 0) is 50.4 Å². The van der Waals surface area contributed by atoms with Crippen LogP contribution in [0.25, 0.3) is 0 Å². The average molecular weight is 399 g/mol. The highest BCUT2D eigenvalue weighted by Crippen LogP contribution is 2.36. The van der Waals surface area contributed by atoms with E-state index in [0.29, 0.717) is 38.1 Å². The highest BCUT2D eigenvalue weighted by Gasteiger charge is 2.42. The molecule has 0 aliphatic carbocycles. The number of carbonyl (C=O) groups is 2. The summed E-state index contributed by atoms with van der Waals surface area (Å²) in [5.74, 6) is 0.554. The van der Waals surface area contributed by atoms with Gasteiger partial charge in [0.05, 0.1) is 0 Å². The Morgan fingerprint density at radius 1 is 0.929 bits per heavy atom. The molecule has 2 heterocycles. The fourth-order valence-electron chi connectivity index (χ4n) is 4.11. The van der Waals surface area contributed by atoms with Gasteiger partial charge in [-0.1, -0.05) is 41.5 Å². The third-order valence-corrected chi connectivity index (χ3v) is 5.26. The Bertz CT molecular complexity index is 563. The van der Waals surface area contributed by atoms with Gasteiger partial charge in [0.15, 0.2) is 0 Å². The molecule has 2 N–H and O–H groups in total. The zero-order valence-electron chi connectivity index (χ0n) is 19.4. The number of nitrogens with zero attached hydrogens (tertiary/aromatic N) is 2. The summed E-state index contributed by atoms with van der Waals surface area (Å²) >= 11 is 0. The zero-order chi connectivity index (χ0) is 22.1. The van der Waals surface area contributed by atoms with E-state index in [0.717, 1.165) is 0 Å². The van der Waals surface area contributed by atoms with E-state index in [1.165, 1.54) is 0 Å². The molecule has 0 radical (unpaired) electrons. The lowest BCUT2D eigenvalue weighted by atomic mass is 9.80. The van der Waals surface area contributed by atoms with Crippen LogP contribution in [0.15, 0.2) is 0 Å². The summed E-state index contributed by atoms with van der Waals surface area (Å²) in [6, 6.07) is 0. The minimum Gasteiger partial charge on any atom is -0.374 e. The first-order valence-corrected chi connectivity index (χ1v) is 10.4. The number of aliphatic hydroxyl groups is 2. The van der Waals surface area contributed by atoms with Crippen LogP contribution in [-0.2, 0) is 9.59 Å². The fraction of sp³-hybridized carbons (Fsp3) is 0.909. The second-order valence-corrected chi connectivity index (χ2v) is 11.4. The first-order chi connectivity index (χ1) is 12.4. The van der Waals surface area contributed by atoms with Crippen molar-refractivity contribution < 1.29 is 19.8 Å². The predicted molar refractivity (Wildman–Crippen MR) is 111 cm³/mol. The number of aliphatic hydroxyl groups excluding tert-OH is 2. The molecule has 0 spiro atoms. The standard InChI is InChI=1S/2C11H21NO2/c1-10(2,3)12-8(13)6-11(4,5)7-9(12)14;1-8(2)7-12-9(13)5-11(3,4)6-10(12)14/h8,13H,6-7H2,1-5H3;8-9,13H,5-7H2,1-4H3. The molecule has 2 fully saturated rings. The molecule has 2 unspecified atom stereocenters. The lowest BCUT2D eigenvalue weighted by Gasteiger charge is -2.46. The van der Waals surface area contributed by atoms with E-state index >= 15 is 0 Å². The molecule has 2 atom stereocenters. The number of amides is 2. The third-order valence-electron chi connectivity index (χ3n) is 5.26. The highest BCUT2D eigenvalue weighted by atomic mass is 16.3. The minimum atomic E-state index is -0.633. The Morgan fingerprint density at radius 3 is 1.71 bits per heavy atom. The van der Waals surface area contributed by atoms with E-state index in [1.54, 1.807) is 9.80 Å². The van der Waals surface area contributed by atoms with Gasteiger partial charge < -0.3 is 20.0 Å². The smallest absolute Gasteiger partial charge is 0.225 e. The maximum absolute atomic E-state index is 11.8. The van der Waals surface area contributed by atoms with E-state index in [2.05, 4.69) is 13.8 Å². The van der Waals surface area contributed by atoms with E-state index < -0.39 is 12.5 Å². The van der Waals surface area contributed by atoms with Crippen molar-refractivity contribution in [2.24, 2.45) is 16.7 Å². The summed E-state index contributed by atoms with van der Waals surface area (Å²) < 4.78 is 0. The van der Waals surface area contributed by atoms with Gasteiger partial charge in [-0.3, -0.25) is 9.59 Å². The number of piperidine rings is 2. The van der Waals surface area contributed by atoms with E-state index in [-0.39, 0.29) is 28.2 Å². The zero-order valence-corrected chi connectivity index (χ0v) is 19.4. The molecule has 2 aliphatic rings. The second-order valence-electron chi connectivity index (χ2n) is 11.4. The summed E-state index contributed by atoms with van der Waals surface area (Å²) in [5.41, 5.74) is -0.408. The number of likely N-dealkylation sites (tertiary alicyclic amines) is 2. The van der Waals surface area contributed by atoms with Crippen LogP contribution in [0.2, 0.25) is 0 Å². The van der Waals surface area contributed by atoms with Gasteiger partial charge in [-0.25, -0.2) is 0 Å². The highest BCUT2D eigenvalue weighted by molar-refractivity contribution is 5.79. The molecule has 0 aromatic rings. The van der Waals surface area contributed by atoms with Crippen molar-refractivity contribution >= 4 is 11.8 Å². The number of hydrogen-bond donors (Lipinski definition) is 2. The van der Waals surface area contributed by atoms with Gasteiger partial charge in [0.1, 0.15) is 12.5 Å². The van der Waals surface area contributed by atoms with Gasteiger partial charge in [0.25, 0.3) is 0 Å². The van der Waals surface area contributed by atoms with Crippen LogP contribution >= 0.6 is 0 Å². The molecule has 0 saturated carbocycles. The van der Waals surface area contributed by atoms with Crippen LogP contribution in [-0.4, -0.2) is 56.4 Å².